The Morgan fingerprint density at radius 2 is 0.959 bits per heavy atom. The van der Waals surface area contributed by atoms with Gasteiger partial charge in [-0.1, -0.05) is 167 Å². The summed E-state index contributed by atoms with van der Waals surface area (Å²) in [5.74, 6) is 0.201. The lowest BCUT2D eigenvalue weighted by atomic mass is 10.0. The van der Waals surface area contributed by atoms with Gasteiger partial charge in [-0.05, 0) is 64.2 Å². The molecule has 49 heavy (non-hydrogen) atoms. The Morgan fingerprint density at radius 3 is 1.33 bits per heavy atom. The molecule has 0 saturated heterocycles. The zero-order valence-electron chi connectivity index (χ0n) is 32.7. The van der Waals surface area contributed by atoms with Crippen LogP contribution in [0.3, 0.4) is 0 Å². The molecule has 0 aromatic carbocycles. The number of aliphatic imine (C=N–C) groups is 1. The summed E-state index contributed by atoms with van der Waals surface area (Å²) in [4.78, 5) is 28.1. The third-order valence-corrected chi connectivity index (χ3v) is 9.57. The van der Waals surface area contributed by atoms with Gasteiger partial charge in [-0.25, -0.2) is 4.79 Å². The normalized spacial score (nSPS) is 14.5. The van der Waals surface area contributed by atoms with Crippen LogP contribution in [-0.4, -0.2) is 40.4 Å². The molecular weight excluding hydrogens is 606 g/mol. The van der Waals surface area contributed by atoms with Gasteiger partial charge in [0.1, 0.15) is 5.84 Å². The van der Waals surface area contributed by atoms with Crippen LogP contribution in [0.5, 0.6) is 0 Å². The molecule has 0 saturated carbocycles. The number of carboxylic acid groups (broad SMARTS) is 1. The largest absolute Gasteiger partial charge is 0.481 e. The number of allylic oxidation sites excluding steroid dienone is 4. The van der Waals surface area contributed by atoms with Gasteiger partial charge in [0.2, 0.25) is 0 Å². The quantitative estimate of drug-likeness (QED) is 0.0531. The van der Waals surface area contributed by atoms with E-state index in [-0.39, 0.29) is 18.5 Å². The molecular formula is C43H81N3O3. The van der Waals surface area contributed by atoms with Crippen molar-refractivity contribution in [1.82, 2.24) is 4.90 Å². The van der Waals surface area contributed by atoms with Gasteiger partial charge in [0.25, 0.3) is 0 Å². The van der Waals surface area contributed by atoms with Gasteiger partial charge in [0.15, 0.2) is 0 Å². The van der Waals surface area contributed by atoms with Gasteiger partial charge in [0.05, 0.1) is 12.6 Å². The molecule has 1 rings (SSSR count). The van der Waals surface area contributed by atoms with E-state index in [0.29, 0.717) is 6.54 Å². The zero-order chi connectivity index (χ0) is 36.0. The molecule has 0 fully saturated rings. The molecule has 0 aromatic rings. The Morgan fingerprint density at radius 1 is 0.612 bits per heavy atom. The smallest absolute Gasteiger partial charge is 0.320 e. The molecule has 0 bridgehead atoms. The van der Waals surface area contributed by atoms with Crippen LogP contribution in [0.1, 0.15) is 220 Å². The predicted molar refractivity (Wildman–Crippen MR) is 214 cm³/mol. The summed E-state index contributed by atoms with van der Waals surface area (Å²) < 4.78 is 0. The second kappa shape index (κ2) is 37.2. The van der Waals surface area contributed by atoms with Crippen molar-refractivity contribution in [3.05, 3.63) is 24.3 Å². The number of unbranched alkanes of at least 4 members (excludes halogenated alkanes) is 24. The molecule has 0 aliphatic carbocycles. The van der Waals surface area contributed by atoms with Crippen LogP contribution < -0.4 is 5.73 Å². The molecule has 286 valence electrons. The number of amidine groups is 1. The highest BCUT2D eigenvalue weighted by atomic mass is 16.4. The van der Waals surface area contributed by atoms with Gasteiger partial charge < -0.3 is 10.8 Å². The molecule has 0 aromatic heterocycles. The third-order valence-electron chi connectivity index (χ3n) is 9.57. The van der Waals surface area contributed by atoms with E-state index in [1.165, 1.54) is 173 Å². The first-order valence-corrected chi connectivity index (χ1v) is 21.1. The van der Waals surface area contributed by atoms with Gasteiger partial charge in [-0.15, -0.1) is 0 Å². The first-order valence-electron chi connectivity index (χ1n) is 21.1. The Bertz CT molecular complexity index is 838. The summed E-state index contributed by atoms with van der Waals surface area (Å²) in [6.45, 7) is 6.86. The number of carboxylic acids is 1. The molecule has 2 amide bonds. The van der Waals surface area contributed by atoms with Crippen molar-refractivity contribution in [1.29, 1.82) is 0 Å². The van der Waals surface area contributed by atoms with Crippen molar-refractivity contribution in [3.8, 4) is 0 Å². The van der Waals surface area contributed by atoms with E-state index in [0.717, 1.165) is 25.1 Å². The number of carbonyl (C=O) groups excluding carboxylic acids is 1. The molecule has 6 nitrogen and oxygen atoms in total. The van der Waals surface area contributed by atoms with Crippen molar-refractivity contribution in [2.45, 2.75) is 226 Å². The first-order chi connectivity index (χ1) is 24.0. The molecule has 1 heterocycles. The fourth-order valence-corrected chi connectivity index (χ4v) is 6.37. The fraction of sp³-hybridized carbons (Fsp3) is 0.837. The first kappa shape index (κ1) is 46.9. The maximum atomic E-state index is 12.0. The molecule has 0 radical (unpaired) electrons. The van der Waals surface area contributed by atoms with Crippen molar-refractivity contribution < 1.29 is 14.7 Å². The number of carbonyl (C=O) groups is 2. The molecule has 1 aliphatic rings. The highest BCUT2D eigenvalue weighted by molar-refractivity contribution is 5.98. The summed E-state index contributed by atoms with van der Waals surface area (Å²) >= 11 is 0. The van der Waals surface area contributed by atoms with E-state index in [2.05, 4.69) is 38.2 Å². The molecule has 0 spiro atoms. The Labute approximate surface area is 304 Å². The van der Waals surface area contributed by atoms with Crippen molar-refractivity contribution >= 4 is 17.8 Å². The van der Waals surface area contributed by atoms with E-state index >= 15 is 0 Å². The number of aliphatic carboxylic acids is 1. The monoisotopic (exact) mass is 688 g/mol. The predicted octanol–water partition coefficient (Wildman–Crippen LogP) is 13.5. The van der Waals surface area contributed by atoms with Gasteiger partial charge >= 0.3 is 12.0 Å². The van der Waals surface area contributed by atoms with E-state index in [1.807, 2.05) is 0 Å². The molecule has 1 unspecified atom stereocenters. The van der Waals surface area contributed by atoms with Crippen molar-refractivity contribution in [3.63, 3.8) is 0 Å². The van der Waals surface area contributed by atoms with E-state index in [4.69, 9.17) is 15.8 Å². The highest BCUT2D eigenvalue weighted by Gasteiger charge is 2.27. The van der Waals surface area contributed by atoms with Crippen LogP contribution in [0.15, 0.2) is 29.3 Å². The summed E-state index contributed by atoms with van der Waals surface area (Å²) in [5.41, 5.74) is 5.70. The number of urea groups is 1. The van der Waals surface area contributed by atoms with Crippen LogP contribution in [0.2, 0.25) is 0 Å². The summed E-state index contributed by atoms with van der Waals surface area (Å²) in [5, 5.41) is 7.72. The lowest BCUT2D eigenvalue weighted by Crippen LogP contribution is -2.39. The lowest BCUT2D eigenvalue weighted by molar-refractivity contribution is -0.136. The number of hydrogen-bond donors (Lipinski definition) is 2. The Balaban J connectivity index is 0.00000427. The second-order valence-corrected chi connectivity index (χ2v) is 14.3. The maximum Gasteiger partial charge on any atom is 0.320 e. The standard InChI is InChI=1S/C40H75N3O.C3H6O2/c1-3-5-7-9-11-13-15-17-19-21-23-25-27-29-31-33-35-38-37-43(40(41)44)39(42-38)36-34-32-30-28-26-24-22-20-18-16-14-12-10-8-6-4-2;1-2-3(4)5/h17-20,38H,3-16,21-37H2,1-2H3,(H2,41,44);2H2,1H3,(H,4,5). The lowest BCUT2D eigenvalue weighted by Gasteiger charge is -2.16. The highest BCUT2D eigenvalue weighted by Crippen LogP contribution is 2.20. The zero-order valence-corrected chi connectivity index (χ0v) is 32.7. The summed E-state index contributed by atoms with van der Waals surface area (Å²) in [6, 6.07) is -0.0692. The van der Waals surface area contributed by atoms with E-state index in [9.17, 15) is 9.59 Å². The number of nitrogens with zero attached hydrogens (tertiary/aromatic N) is 2. The molecule has 3 N–H and O–H groups in total. The third kappa shape index (κ3) is 32.8. The van der Waals surface area contributed by atoms with Crippen LogP contribution >= 0.6 is 0 Å². The number of amides is 2. The minimum Gasteiger partial charge on any atom is -0.481 e. The minimum atomic E-state index is -0.745. The van der Waals surface area contributed by atoms with Gasteiger partial charge in [-0.3, -0.25) is 14.7 Å². The number of nitrogens with two attached hydrogens (primary N) is 1. The topological polar surface area (TPSA) is 96.0 Å². The van der Waals surface area contributed by atoms with E-state index < -0.39 is 5.97 Å². The number of rotatable bonds is 33. The Hall–Kier alpha value is -2.11. The van der Waals surface area contributed by atoms with Gasteiger partial charge in [-0.2, -0.15) is 0 Å². The van der Waals surface area contributed by atoms with Crippen LogP contribution in [-0.2, 0) is 4.79 Å². The van der Waals surface area contributed by atoms with Gasteiger partial charge in [0, 0.05) is 12.8 Å². The molecule has 1 atom stereocenters. The minimum absolute atomic E-state index is 0.222. The van der Waals surface area contributed by atoms with Crippen LogP contribution in [0.25, 0.3) is 0 Å². The average molecular weight is 688 g/mol. The van der Waals surface area contributed by atoms with Crippen molar-refractivity contribution in [2.75, 3.05) is 6.54 Å². The number of primary amides is 1. The van der Waals surface area contributed by atoms with Crippen LogP contribution in [0, 0.1) is 0 Å². The summed E-state index contributed by atoms with van der Waals surface area (Å²) in [6.07, 6.45) is 48.9. The average Bonchev–Trinajstić information content (AvgIpc) is 3.51. The fourth-order valence-electron chi connectivity index (χ4n) is 6.37. The van der Waals surface area contributed by atoms with Crippen molar-refractivity contribution in [2.24, 2.45) is 10.7 Å². The SMILES string of the molecule is CCC(=O)O.CCCCCCCCC=CCCCCCCCCC1=NC(CCCCCCCCC=CCCCCCCCC)CN1C(N)=O. The second-order valence-electron chi connectivity index (χ2n) is 14.3. The van der Waals surface area contributed by atoms with Crippen LogP contribution in [0.4, 0.5) is 4.79 Å². The summed E-state index contributed by atoms with van der Waals surface area (Å²) in [7, 11) is 0. The Kier molecular flexibility index (Phi) is 35.6. The molecule has 6 heteroatoms. The maximum absolute atomic E-state index is 12.0. The number of hydrogen-bond acceptors (Lipinski definition) is 3. The molecule has 1 aliphatic heterocycles. The van der Waals surface area contributed by atoms with E-state index in [1.54, 1.807) is 11.8 Å².